The molecule has 0 bridgehead atoms. The first-order valence-electron chi connectivity index (χ1n) is 10.2. The van der Waals surface area contributed by atoms with Crippen molar-refractivity contribution >= 4 is 17.8 Å². The third kappa shape index (κ3) is 4.16. The summed E-state index contributed by atoms with van der Waals surface area (Å²) in [6, 6.07) is 16.1. The molecule has 6 nitrogen and oxygen atoms in total. The van der Waals surface area contributed by atoms with Crippen molar-refractivity contribution in [3.8, 4) is 0 Å². The van der Waals surface area contributed by atoms with Gasteiger partial charge in [-0.3, -0.25) is 14.5 Å². The molecule has 4 rings (SSSR count). The zero-order chi connectivity index (χ0) is 20.2. The molecule has 2 aromatic rings. The third-order valence-corrected chi connectivity index (χ3v) is 5.65. The van der Waals surface area contributed by atoms with Crippen LogP contribution < -0.4 is 10.6 Å². The summed E-state index contributed by atoms with van der Waals surface area (Å²) in [7, 11) is 0. The van der Waals surface area contributed by atoms with Gasteiger partial charge in [0.15, 0.2) is 0 Å². The summed E-state index contributed by atoms with van der Waals surface area (Å²) < 4.78 is 0. The third-order valence-electron chi connectivity index (χ3n) is 5.65. The predicted molar refractivity (Wildman–Crippen MR) is 109 cm³/mol. The van der Waals surface area contributed by atoms with Crippen LogP contribution in [0, 0.1) is 0 Å². The Kier molecular flexibility index (Phi) is 5.60. The molecule has 0 radical (unpaired) electrons. The Hall–Kier alpha value is -3.15. The lowest BCUT2D eigenvalue weighted by Crippen LogP contribution is -2.55. The Bertz CT molecular complexity index is 872. The zero-order valence-corrected chi connectivity index (χ0v) is 16.3. The molecule has 1 unspecified atom stereocenters. The maximum atomic E-state index is 12.9. The summed E-state index contributed by atoms with van der Waals surface area (Å²) in [5.41, 5.74) is 1.70. The first-order valence-corrected chi connectivity index (χ1v) is 10.2. The SMILES string of the molecule is O=C(NC1CCCCC1)NC(Cc1ccccc1)N1C(=O)c2ccccc2C1=O. The van der Waals surface area contributed by atoms with Crippen molar-refractivity contribution in [1.82, 2.24) is 15.5 Å². The van der Waals surface area contributed by atoms with Gasteiger partial charge in [-0.15, -0.1) is 0 Å². The van der Waals surface area contributed by atoms with Crippen LogP contribution in [0.2, 0.25) is 0 Å². The van der Waals surface area contributed by atoms with E-state index in [0.717, 1.165) is 31.2 Å². The molecule has 4 amide bonds. The molecule has 0 aromatic heterocycles. The number of rotatable bonds is 5. The molecule has 0 spiro atoms. The molecule has 2 aliphatic rings. The Morgan fingerprint density at radius 2 is 1.48 bits per heavy atom. The predicted octanol–water partition coefficient (Wildman–Crippen LogP) is 3.48. The highest BCUT2D eigenvalue weighted by atomic mass is 16.2. The fourth-order valence-electron chi connectivity index (χ4n) is 4.16. The lowest BCUT2D eigenvalue weighted by atomic mass is 9.96. The molecule has 1 fully saturated rings. The van der Waals surface area contributed by atoms with Gasteiger partial charge in [0.25, 0.3) is 11.8 Å². The van der Waals surface area contributed by atoms with Gasteiger partial charge < -0.3 is 10.6 Å². The monoisotopic (exact) mass is 391 g/mol. The molecule has 0 saturated heterocycles. The van der Waals surface area contributed by atoms with Crippen LogP contribution in [0.25, 0.3) is 0 Å². The van der Waals surface area contributed by atoms with Gasteiger partial charge in [-0.25, -0.2) is 4.79 Å². The molecule has 150 valence electrons. The summed E-state index contributed by atoms with van der Waals surface area (Å²) >= 11 is 0. The lowest BCUT2D eigenvalue weighted by molar-refractivity contribution is 0.0563. The number of urea groups is 1. The van der Waals surface area contributed by atoms with Crippen molar-refractivity contribution in [2.75, 3.05) is 0 Å². The molecule has 1 heterocycles. The van der Waals surface area contributed by atoms with Gasteiger partial charge in [0, 0.05) is 12.5 Å². The summed E-state index contributed by atoms with van der Waals surface area (Å²) in [6.45, 7) is 0. The molecule has 1 aliphatic carbocycles. The maximum absolute atomic E-state index is 12.9. The average Bonchev–Trinajstić information content (AvgIpc) is 3.00. The van der Waals surface area contributed by atoms with Crippen LogP contribution >= 0.6 is 0 Å². The summed E-state index contributed by atoms with van der Waals surface area (Å²) in [4.78, 5) is 39.7. The number of carbonyl (C=O) groups excluding carboxylic acids is 3. The van der Waals surface area contributed by atoms with Crippen LogP contribution in [-0.4, -0.2) is 35.0 Å². The number of hydrogen-bond donors (Lipinski definition) is 2. The van der Waals surface area contributed by atoms with Gasteiger partial charge in [-0.05, 0) is 30.5 Å². The smallest absolute Gasteiger partial charge is 0.316 e. The average molecular weight is 391 g/mol. The second-order valence-corrected chi connectivity index (χ2v) is 7.68. The molecule has 1 atom stereocenters. The topological polar surface area (TPSA) is 78.5 Å². The summed E-state index contributed by atoms with van der Waals surface area (Å²) in [5, 5.41) is 5.89. The minimum Gasteiger partial charge on any atom is -0.335 e. The number of nitrogens with zero attached hydrogens (tertiary/aromatic N) is 1. The van der Waals surface area contributed by atoms with E-state index in [2.05, 4.69) is 10.6 Å². The van der Waals surface area contributed by atoms with Crippen LogP contribution in [0.4, 0.5) is 4.79 Å². The van der Waals surface area contributed by atoms with E-state index in [4.69, 9.17) is 0 Å². The fraction of sp³-hybridized carbons (Fsp3) is 0.348. The minimum atomic E-state index is -0.756. The largest absolute Gasteiger partial charge is 0.335 e. The number of nitrogens with one attached hydrogen (secondary N) is 2. The van der Waals surface area contributed by atoms with E-state index in [1.807, 2.05) is 30.3 Å². The molecule has 2 aromatic carbocycles. The highest BCUT2D eigenvalue weighted by molar-refractivity contribution is 6.21. The molecule has 29 heavy (non-hydrogen) atoms. The van der Waals surface area contributed by atoms with E-state index in [1.165, 1.54) is 11.3 Å². The first kappa shape index (κ1) is 19.2. The molecule has 1 saturated carbocycles. The Balaban J connectivity index is 1.55. The van der Waals surface area contributed by atoms with Crippen LogP contribution in [-0.2, 0) is 6.42 Å². The molecule has 1 aliphatic heterocycles. The molecule has 6 heteroatoms. The van der Waals surface area contributed by atoms with Gasteiger partial charge in [0.2, 0.25) is 0 Å². The van der Waals surface area contributed by atoms with Crippen molar-refractivity contribution in [1.29, 1.82) is 0 Å². The van der Waals surface area contributed by atoms with Crippen molar-refractivity contribution < 1.29 is 14.4 Å². The molecular formula is C23H25N3O3. The highest BCUT2D eigenvalue weighted by Gasteiger charge is 2.40. The van der Waals surface area contributed by atoms with Crippen molar-refractivity contribution in [3.63, 3.8) is 0 Å². The molecule has 2 N–H and O–H groups in total. The summed E-state index contributed by atoms with van der Waals surface area (Å²) in [5.74, 6) is -0.742. The number of imide groups is 1. The van der Waals surface area contributed by atoms with Gasteiger partial charge >= 0.3 is 6.03 Å². The molecular weight excluding hydrogens is 366 g/mol. The van der Waals surface area contributed by atoms with E-state index in [1.54, 1.807) is 24.3 Å². The van der Waals surface area contributed by atoms with Gasteiger partial charge in [0.05, 0.1) is 11.1 Å². The Labute approximate surface area is 170 Å². The fourth-order valence-corrected chi connectivity index (χ4v) is 4.16. The van der Waals surface area contributed by atoms with E-state index >= 15 is 0 Å². The van der Waals surface area contributed by atoms with E-state index in [-0.39, 0.29) is 23.9 Å². The maximum Gasteiger partial charge on any atom is 0.316 e. The second kappa shape index (κ2) is 8.47. The number of hydrogen-bond acceptors (Lipinski definition) is 3. The van der Waals surface area contributed by atoms with E-state index in [0.29, 0.717) is 17.5 Å². The van der Waals surface area contributed by atoms with Crippen LogP contribution in [0.1, 0.15) is 58.4 Å². The number of amides is 4. The minimum absolute atomic E-state index is 0.142. The standard InChI is InChI=1S/C23H25N3O3/c27-21-18-13-7-8-14-19(18)22(28)26(21)20(15-16-9-3-1-4-10-16)25-23(29)24-17-11-5-2-6-12-17/h1,3-4,7-10,13-14,17,20H,2,5-6,11-12,15H2,(H2,24,25,29). The first-order chi connectivity index (χ1) is 14.1. The van der Waals surface area contributed by atoms with E-state index < -0.39 is 6.17 Å². The second-order valence-electron chi connectivity index (χ2n) is 7.68. The lowest BCUT2D eigenvalue weighted by Gasteiger charge is -2.29. The Morgan fingerprint density at radius 3 is 2.10 bits per heavy atom. The van der Waals surface area contributed by atoms with Crippen molar-refractivity contribution in [3.05, 3.63) is 71.3 Å². The highest BCUT2D eigenvalue weighted by Crippen LogP contribution is 2.25. The summed E-state index contributed by atoms with van der Waals surface area (Å²) in [6.07, 6.45) is 4.94. The van der Waals surface area contributed by atoms with Gasteiger partial charge in [0.1, 0.15) is 6.17 Å². The van der Waals surface area contributed by atoms with Crippen LogP contribution in [0.5, 0.6) is 0 Å². The van der Waals surface area contributed by atoms with E-state index in [9.17, 15) is 14.4 Å². The number of fused-ring (bicyclic) bond motifs is 1. The van der Waals surface area contributed by atoms with Gasteiger partial charge in [-0.2, -0.15) is 0 Å². The Morgan fingerprint density at radius 1 is 0.897 bits per heavy atom. The van der Waals surface area contributed by atoms with Crippen LogP contribution in [0.3, 0.4) is 0 Å². The van der Waals surface area contributed by atoms with Crippen molar-refractivity contribution in [2.24, 2.45) is 0 Å². The van der Waals surface area contributed by atoms with Crippen molar-refractivity contribution in [2.45, 2.75) is 50.7 Å². The number of carbonyl (C=O) groups is 3. The van der Waals surface area contributed by atoms with Gasteiger partial charge in [-0.1, -0.05) is 61.7 Å². The normalized spacial score (nSPS) is 17.7. The quantitative estimate of drug-likeness (QED) is 0.766. The van der Waals surface area contributed by atoms with Crippen LogP contribution in [0.15, 0.2) is 54.6 Å². The number of benzene rings is 2. The zero-order valence-electron chi connectivity index (χ0n) is 16.3.